The maximum atomic E-state index is 14.5. The summed E-state index contributed by atoms with van der Waals surface area (Å²) in [7, 11) is 1.33. The summed E-state index contributed by atoms with van der Waals surface area (Å²) < 4.78 is 31.6. The molecule has 2 aliphatic heterocycles. The first-order valence-corrected chi connectivity index (χ1v) is 16.3. The number of nitrogens with one attached hydrogen (secondary N) is 1. The van der Waals surface area contributed by atoms with E-state index in [1.165, 1.54) is 64.0 Å². The number of nitrogens with zero attached hydrogens (tertiary/aromatic N) is 1. The average molecular weight is 595 g/mol. The van der Waals surface area contributed by atoms with Crippen LogP contribution in [0.25, 0.3) is 6.08 Å². The maximum Gasteiger partial charge on any atom is 0.330 e. The van der Waals surface area contributed by atoms with Gasteiger partial charge in [0.15, 0.2) is 5.69 Å². The number of halogens is 1. The van der Waals surface area contributed by atoms with Crippen LogP contribution in [0.4, 0.5) is 4.39 Å². The maximum absolute atomic E-state index is 14.5. The second kappa shape index (κ2) is 14.7. The Morgan fingerprint density at radius 2 is 1.91 bits per heavy atom. The first kappa shape index (κ1) is 31.4. The number of benzene rings is 1. The van der Waals surface area contributed by atoms with Crippen LogP contribution in [0.5, 0.6) is 0 Å². The molecule has 1 N–H and O–H groups in total. The Morgan fingerprint density at radius 3 is 2.63 bits per heavy atom. The number of methoxy groups -OCH3 is 1. The standard InChI is InChI=1S/C35H47FN2O5/c1-3-27(19-26-20-28(36)14-12-25(26)13-17-32(39)41-2)35(21-29-15-16-30(22-35)43-29)34-38-31(23-42-34)33(40)37-18-8-7-11-24-9-5-4-6-10-24/h12-14,17,20,23-24,27,29-30H,3-11,15-16,18-19,21-22H2,1-2H3,(H,37,40)/b17-13+. The summed E-state index contributed by atoms with van der Waals surface area (Å²) in [5, 5.41) is 3.05. The van der Waals surface area contributed by atoms with E-state index >= 15 is 0 Å². The van der Waals surface area contributed by atoms with Gasteiger partial charge in [-0.05, 0) is 79.7 Å². The van der Waals surface area contributed by atoms with Gasteiger partial charge in [0.05, 0.1) is 24.7 Å². The SMILES string of the molecule is CCC(Cc1cc(F)ccc1/C=C/C(=O)OC)C1(c2nc(C(=O)NCCCCC3CCCCC3)co2)CC2CCC(C1)O2. The highest BCUT2D eigenvalue weighted by Gasteiger charge is 2.52. The van der Waals surface area contributed by atoms with E-state index in [2.05, 4.69) is 12.2 Å². The molecule has 7 nitrogen and oxygen atoms in total. The Balaban J connectivity index is 1.31. The van der Waals surface area contributed by atoms with Crippen LogP contribution in [0, 0.1) is 17.7 Å². The third-order valence-electron chi connectivity index (χ3n) is 10.0. The van der Waals surface area contributed by atoms with E-state index in [4.69, 9.17) is 18.9 Å². The number of carbonyl (C=O) groups is 2. The number of rotatable bonds is 13. The lowest BCUT2D eigenvalue weighted by molar-refractivity contribution is -0.134. The fraction of sp³-hybridized carbons (Fsp3) is 0.629. The van der Waals surface area contributed by atoms with Gasteiger partial charge >= 0.3 is 5.97 Å². The molecular weight excluding hydrogens is 547 g/mol. The van der Waals surface area contributed by atoms with Crippen LogP contribution in [-0.2, 0) is 26.1 Å². The van der Waals surface area contributed by atoms with Gasteiger partial charge in [0.2, 0.25) is 5.89 Å². The molecule has 1 amide bonds. The Hall–Kier alpha value is -3.00. The molecule has 2 aromatic rings. The summed E-state index contributed by atoms with van der Waals surface area (Å²) in [5.74, 6) is 0.495. The minimum Gasteiger partial charge on any atom is -0.466 e. The Morgan fingerprint density at radius 1 is 1.14 bits per heavy atom. The molecule has 1 aliphatic carbocycles. The molecule has 0 radical (unpaired) electrons. The number of ether oxygens (including phenoxy) is 2. The van der Waals surface area contributed by atoms with Crippen LogP contribution >= 0.6 is 0 Å². The van der Waals surface area contributed by atoms with Gasteiger partial charge in [0, 0.05) is 12.6 Å². The van der Waals surface area contributed by atoms with Gasteiger partial charge < -0.3 is 19.2 Å². The summed E-state index contributed by atoms with van der Waals surface area (Å²) in [4.78, 5) is 29.7. The molecule has 1 aromatic heterocycles. The summed E-state index contributed by atoms with van der Waals surface area (Å²) in [5.41, 5.74) is 1.43. The number of unbranched alkanes of at least 4 members (excludes halogenated alkanes) is 1. The van der Waals surface area contributed by atoms with Crippen LogP contribution < -0.4 is 5.32 Å². The number of fused-ring (bicyclic) bond motifs is 2. The Labute approximate surface area is 255 Å². The fourth-order valence-corrected chi connectivity index (χ4v) is 7.73. The predicted octanol–water partition coefficient (Wildman–Crippen LogP) is 7.33. The summed E-state index contributed by atoms with van der Waals surface area (Å²) in [6.45, 7) is 2.77. The van der Waals surface area contributed by atoms with Crippen LogP contribution in [0.2, 0.25) is 0 Å². The van der Waals surface area contributed by atoms with Crippen molar-refractivity contribution in [1.82, 2.24) is 10.3 Å². The zero-order valence-corrected chi connectivity index (χ0v) is 25.7. The molecule has 3 aliphatic rings. The summed E-state index contributed by atoms with van der Waals surface area (Å²) in [6, 6.07) is 4.64. The second-order valence-corrected chi connectivity index (χ2v) is 12.8. The monoisotopic (exact) mass is 594 g/mol. The summed E-state index contributed by atoms with van der Waals surface area (Å²) >= 11 is 0. The highest BCUT2D eigenvalue weighted by molar-refractivity contribution is 5.91. The van der Waals surface area contributed by atoms with E-state index < -0.39 is 11.4 Å². The second-order valence-electron chi connectivity index (χ2n) is 12.8. The average Bonchev–Trinajstić information content (AvgIpc) is 3.66. The van der Waals surface area contributed by atoms with Crippen molar-refractivity contribution in [3.05, 3.63) is 59.1 Å². The number of hydrogen-bond acceptors (Lipinski definition) is 6. The van der Waals surface area contributed by atoms with Gasteiger partial charge in [0.1, 0.15) is 12.1 Å². The molecule has 0 spiro atoms. The molecule has 234 valence electrons. The number of amides is 1. The van der Waals surface area contributed by atoms with Crippen molar-refractivity contribution in [2.75, 3.05) is 13.7 Å². The van der Waals surface area contributed by atoms with E-state index in [0.29, 0.717) is 24.6 Å². The number of carbonyl (C=O) groups excluding carboxylic acids is 2. The van der Waals surface area contributed by atoms with Gasteiger partial charge in [-0.1, -0.05) is 64.4 Å². The third kappa shape index (κ3) is 7.75. The molecule has 2 saturated heterocycles. The van der Waals surface area contributed by atoms with E-state index in [0.717, 1.165) is 62.0 Å². The first-order chi connectivity index (χ1) is 20.9. The normalized spacial score (nSPS) is 24.7. The van der Waals surface area contributed by atoms with Crippen LogP contribution in [0.1, 0.15) is 118 Å². The highest BCUT2D eigenvalue weighted by atomic mass is 19.1. The van der Waals surface area contributed by atoms with Crippen molar-refractivity contribution < 1.29 is 27.9 Å². The molecule has 3 atom stereocenters. The van der Waals surface area contributed by atoms with Gasteiger partial charge in [-0.3, -0.25) is 4.79 Å². The third-order valence-corrected chi connectivity index (χ3v) is 10.0. The Kier molecular flexibility index (Phi) is 10.7. The molecule has 5 rings (SSSR count). The molecule has 1 aromatic carbocycles. The van der Waals surface area contributed by atoms with E-state index in [-0.39, 0.29) is 29.9 Å². The predicted molar refractivity (Wildman–Crippen MR) is 163 cm³/mol. The zero-order chi connectivity index (χ0) is 30.2. The summed E-state index contributed by atoms with van der Waals surface area (Å²) in [6.07, 6.45) is 19.7. The smallest absolute Gasteiger partial charge is 0.330 e. The lowest BCUT2D eigenvalue weighted by Crippen LogP contribution is -2.45. The van der Waals surface area contributed by atoms with Crippen molar-refractivity contribution in [3.8, 4) is 0 Å². The van der Waals surface area contributed by atoms with E-state index in [9.17, 15) is 14.0 Å². The molecule has 43 heavy (non-hydrogen) atoms. The van der Waals surface area contributed by atoms with Crippen LogP contribution in [0.15, 0.2) is 35.0 Å². The van der Waals surface area contributed by atoms with Crippen molar-refractivity contribution in [2.45, 2.75) is 114 Å². The fourth-order valence-electron chi connectivity index (χ4n) is 7.73. The van der Waals surface area contributed by atoms with Gasteiger partial charge in [-0.2, -0.15) is 0 Å². The van der Waals surface area contributed by atoms with Gasteiger partial charge in [-0.25, -0.2) is 14.2 Å². The molecule has 1 saturated carbocycles. The zero-order valence-electron chi connectivity index (χ0n) is 25.7. The number of hydrogen-bond donors (Lipinski definition) is 1. The quantitative estimate of drug-likeness (QED) is 0.148. The lowest BCUT2D eigenvalue weighted by Gasteiger charge is -2.44. The number of oxazole rings is 1. The van der Waals surface area contributed by atoms with Gasteiger partial charge in [0.25, 0.3) is 5.91 Å². The molecule has 2 bridgehead atoms. The van der Waals surface area contributed by atoms with Gasteiger partial charge in [-0.15, -0.1) is 0 Å². The van der Waals surface area contributed by atoms with Crippen molar-refractivity contribution in [3.63, 3.8) is 0 Å². The molecule has 3 unspecified atom stereocenters. The lowest BCUT2D eigenvalue weighted by atomic mass is 9.64. The molecule has 3 heterocycles. The minimum atomic E-state index is -0.463. The van der Waals surface area contributed by atoms with E-state index in [1.807, 2.05) is 0 Å². The van der Waals surface area contributed by atoms with Crippen molar-refractivity contribution in [2.24, 2.45) is 11.8 Å². The van der Waals surface area contributed by atoms with Crippen molar-refractivity contribution >= 4 is 18.0 Å². The minimum absolute atomic E-state index is 0.0564. The molecule has 8 heteroatoms. The Bertz CT molecular complexity index is 1250. The largest absolute Gasteiger partial charge is 0.466 e. The number of esters is 1. The van der Waals surface area contributed by atoms with Crippen molar-refractivity contribution in [1.29, 1.82) is 0 Å². The van der Waals surface area contributed by atoms with Crippen LogP contribution in [-0.4, -0.2) is 42.7 Å². The molecule has 3 fully saturated rings. The molecular formula is C35H47FN2O5. The van der Waals surface area contributed by atoms with Crippen LogP contribution in [0.3, 0.4) is 0 Å². The first-order valence-electron chi connectivity index (χ1n) is 16.3. The highest BCUT2D eigenvalue weighted by Crippen LogP contribution is 2.51. The topological polar surface area (TPSA) is 90.7 Å². The van der Waals surface area contributed by atoms with E-state index in [1.54, 1.807) is 18.2 Å². The number of aromatic nitrogens is 1.